The Morgan fingerprint density at radius 3 is 2.54 bits per heavy atom. The zero-order valence-corrected chi connectivity index (χ0v) is 15.3. The highest BCUT2D eigenvalue weighted by Crippen LogP contribution is 2.37. The van der Waals surface area contributed by atoms with E-state index in [2.05, 4.69) is 40.1 Å². The Labute approximate surface area is 147 Å². The van der Waals surface area contributed by atoms with Gasteiger partial charge in [0.1, 0.15) is 0 Å². The van der Waals surface area contributed by atoms with E-state index in [0.29, 0.717) is 5.91 Å². The molecule has 0 aromatic heterocycles. The molecule has 2 fully saturated rings. The molecule has 1 spiro atoms. The third-order valence-corrected chi connectivity index (χ3v) is 5.84. The smallest absolute Gasteiger partial charge is 0.225 e. The van der Waals surface area contributed by atoms with E-state index in [1.807, 2.05) is 13.8 Å². The van der Waals surface area contributed by atoms with Gasteiger partial charge in [0, 0.05) is 24.5 Å². The Morgan fingerprint density at radius 2 is 1.83 bits per heavy atom. The fourth-order valence-corrected chi connectivity index (χ4v) is 4.59. The summed E-state index contributed by atoms with van der Waals surface area (Å²) in [6, 6.07) is 10.8. The quantitative estimate of drug-likeness (QED) is 0.822. The number of hydrogen-bond donors (Lipinski definition) is 0. The number of hydrogen-bond acceptors (Lipinski definition) is 2. The number of piperidine rings is 1. The Hall–Kier alpha value is -1.35. The highest BCUT2D eigenvalue weighted by molar-refractivity contribution is 5.78. The van der Waals surface area contributed by atoms with Gasteiger partial charge in [0.05, 0.1) is 0 Å². The molecule has 3 heteroatoms. The predicted molar refractivity (Wildman–Crippen MR) is 99.0 cm³/mol. The Balaban J connectivity index is 1.58. The van der Waals surface area contributed by atoms with Gasteiger partial charge in [0.25, 0.3) is 0 Å². The van der Waals surface area contributed by atoms with Crippen molar-refractivity contribution in [2.75, 3.05) is 26.2 Å². The van der Waals surface area contributed by atoms with Crippen molar-refractivity contribution < 1.29 is 4.79 Å². The summed E-state index contributed by atoms with van der Waals surface area (Å²) < 4.78 is 0. The Morgan fingerprint density at radius 1 is 1.12 bits per heavy atom. The number of likely N-dealkylation sites (tertiary alicyclic amines) is 2. The first-order valence-corrected chi connectivity index (χ1v) is 9.68. The molecular weight excluding hydrogens is 296 g/mol. The van der Waals surface area contributed by atoms with E-state index in [-0.39, 0.29) is 11.5 Å². The summed E-state index contributed by atoms with van der Waals surface area (Å²) in [4.78, 5) is 17.3. The number of nitrogens with zero attached hydrogens (tertiary/aromatic N) is 2. The normalized spacial score (nSPS) is 24.9. The van der Waals surface area contributed by atoms with Crippen LogP contribution in [0.4, 0.5) is 0 Å². The van der Waals surface area contributed by atoms with Crippen LogP contribution in [0.5, 0.6) is 0 Å². The van der Waals surface area contributed by atoms with E-state index >= 15 is 0 Å². The molecule has 0 N–H and O–H groups in total. The first kappa shape index (κ1) is 17.5. The second-order valence-corrected chi connectivity index (χ2v) is 7.92. The summed E-state index contributed by atoms with van der Waals surface area (Å²) in [5, 5.41) is 0. The molecule has 2 saturated heterocycles. The van der Waals surface area contributed by atoms with E-state index < -0.39 is 0 Å². The number of carbonyl (C=O) groups is 1. The van der Waals surface area contributed by atoms with Crippen molar-refractivity contribution in [2.24, 2.45) is 5.92 Å². The fourth-order valence-electron chi connectivity index (χ4n) is 4.59. The molecule has 1 atom stereocenters. The lowest BCUT2D eigenvalue weighted by Gasteiger charge is -2.46. The van der Waals surface area contributed by atoms with Crippen LogP contribution in [0, 0.1) is 5.92 Å². The van der Waals surface area contributed by atoms with Crippen LogP contribution in [0.3, 0.4) is 0 Å². The fraction of sp³-hybridized carbons (Fsp3) is 0.667. The summed E-state index contributed by atoms with van der Waals surface area (Å²) in [6.07, 6.45) is 7.34. The molecule has 2 aliphatic heterocycles. The monoisotopic (exact) mass is 328 g/mol. The Kier molecular flexibility index (Phi) is 5.60. The third kappa shape index (κ3) is 3.83. The molecule has 0 unspecified atom stereocenters. The van der Waals surface area contributed by atoms with E-state index in [9.17, 15) is 4.79 Å². The summed E-state index contributed by atoms with van der Waals surface area (Å²) in [5.74, 6) is 0.457. The Bertz CT molecular complexity index is 542. The molecule has 24 heavy (non-hydrogen) atoms. The van der Waals surface area contributed by atoms with Crippen LogP contribution < -0.4 is 0 Å². The minimum Gasteiger partial charge on any atom is -0.341 e. The van der Waals surface area contributed by atoms with Crippen molar-refractivity contribution in [3.8, 4) is 0 Å². The molecular formula is C21H32N2O. The highest BCUT2D eigenvalue weighted by Gasteiger charge is 2.44. The molecule has 132 valence electrons. The van der Waals surface area contributed by atoms with E-state index in [1.54, 1.807) is 0 Å². The minimum atomic E-state index is 0.119. The van der Waals surface area contributed by atoms with Crippen LogP contribution in [-0.2, 0) is 11.2 Å². The molecule has 3 nitrogen and oxygen atoms in total. The highest BCUT2D eigenvalue weighted by atomic mass is 16.2. The maximum Gasteiger partial charge on any atom is 0.225 e. The van der Waals surface area contributed by atoms with Gasteiger partial charge in [0.15, 0.2) is 0 Å². The van der Waals surface area contributed by atoms with Gasteiger partial charge in [-0.15, -0.1) is 0 Å². The number of benzene rings is 1. The van der Waals surface area contributed by atoms with Crippen LogP contribution in [0.2, 0.25) is 0 Å². The molecule has 2 heterocycles. The van der Waals surface area contributed by atoms with Crippen LogP contribution in [0.15, 0.2) is 30.3 Å². The molecule has 2 aliphatic rings. The first-order valence-electron chi connectivity index (χ1n) is 9.68. The average Bonchev–Trinajstić information content (AvgIpc) is 2.97. The second-order valence-electron chi connectivity index (χ2n) is 7.92. The van der Waals surface area contributed by atoms with Crippen molar-refractivity contribution in [3.63, 3.8) is 0 Å². The number of carbonyl (C=O) groups excluding carboxylic acids is 1. The molecule has 0 aliphatic carbocycles. The summed E-state index contributed by atoms with van der Waals surface area (Å²) in [7, 11) is 0. The SMILES string of the molecule is CC(C)C(=O)N1CCC[C@]2(CCCN2CCCc2ccccc2)C1. The molecule has 1 amide bonds. The third-order valence-electron chi connectivity index (χ3n) is 5.84. The molecule has 0 radical (unpaired) electrons. The summed E-state index contributed by atoms with van der Waals surface area (Å²) >= 11 is 0. The van der Waals surface area contributed by atoms with Crippen LogP contribution in [0.25, 0.3) is 0 Å². The van der Waals surface area contributed by atoms with Crippen LogP contribution in [0.1, 0.15) is 51.5 Å². The lowest BCUT2D eigenvalue weighted by molar-refractivity contribution is -0.138. The number of amides is 1. The standard InChI is InChI=1S/C21H32N2O/c1-18(2)20(24)22-14-7-12-21(17-22)13-8-16-23(21)15-6-11-19-9-4-3-5-10-19/h3-5,9-10,18H,6-8,11-17H2,1-2H3/t21-/m0/s1. The average molecular weight is 328 g/mol. The summed E-state index contributed by atoms with van der Waals surface area (Å²) in [6.45, 7) is 8.33. The number of aryl methyl sites for hydroxylation is 1. The van der Waals surface area contributed by atoms with Crippen LogP contribution >= 0.6 is 0 Å². The van der Waals surface area contributed by atoms with Crippen molar-refractivity contribution in [3.05, 3.63) is 35.9 Å². The summed E-state index contributed by atoms with van der Waals surface area (Å²) in [5.41, 5.74) is 1.70. The molecule has 0 saturated carbocycles. The van der Waals surface area contributed by atoms with Crippen LogP contribution in [-0.4, -0.2) is 47.4 Å². The molecule has 1 aromatic carbocycles. The van der Waals surface area contributed by atoms with Gasteiger partial charge in [0.2, 0.25) is 5.91 Å². The maximum atomic E-state index is 12.5. The maximum absolute atomic E-state index is 12.5. The lowest BCUT2D eigenvalue weighted by atomic mass is 9.85. The largest absolute Gasteiger partial charge is 0.341 e. The van der Waals surface area contributed by atoms with E-state index in [1.165, 1.54) is 44.3 Å². The topological polar surface area (TPSA) is 23.6 Å². The predicted octanol–water partition coefficient (Wildman–Crippen LogP) is 3.73. The van der Waals surface area contributed by atoms with Gasteiger partial charge >= 0.3 is 0 Å². The lowest BCUT2D eigenvalue weighted by Crippen LogP contribution is -2.57. The second kappa shape index (κ2) is 7.69. The van der Waals surface area contributed by atoms with Gasteiger partial charge in [-0.3, -0.25) is 9.69 Å². The van der Waals surface area contributed by atoms with E-state index in [4.69, 9.17) is 0 Å². The van der Waals surface area contributed by atoms with Crippen molar-refractivity contribution in [2.45, 2.75) is 57.9 Å². The first-order chi connectivity index (χ1) is 11.6. The van der Waals surface area contributed by atoms with Gasteiger partial charge in [-0.25, -0.2) is 0 Å². The van der Waals surface area contributed by atoms with E-state index in [0.717, 1.165) is 25.9 Å². The molecule has 1 aromatic rings. The molecule has 3 rings (SSSR count). The number of rotatable bonds is 5. The zero-order chi connectivity index (χ0) is 17.0. The van der Waals surface area contributed by atoms with Gasteiger partial charge in [-0.05, 0) is 57.2 Å². The minimum absolute atomic E-state index is 0.119. The van der Waals surface area contributed by atoms with Crippen molar-refractivity contribution >= 4 is 5.91 Å². The van der Waals surface area contributed by atoms with Crippen molar-refractivity contribution in [1.82, 2.24) is 9.80 Å². The molecule has 0 bridgehead atoms. The van der Waals surface area contributed by atoms with Crippen molar-refractivity contribution in [1.29, 1.82) is 0 Å². The van der Waals surface area contributed by atoms with Gasteiger partial charge < -0.3 is 4.90 Å². The van der Waals surface area contributed by atoms with Gasteiger partial charge in [-0.2, -0.15) is 0 Å². The van der Waals surface area contributed by atoms with Gasteiger partial charge in [-0.1, -0.05) is 44.2 Å². The zero-order valence-electron chi connectivity index (χ0n) is 15.3.